The number of ether oxygens (including phenoxy) is 1. The first kappa shape index (κ1) is 27.8. The molecule has 166 valence electrons. The highest BCUT2D eigenvalue weighted by molar-refractivity contribution is 8.14. The van der Waals surface area contributed by atoms with Gasteiger partial charge in [-0.1, -0.05) is 76.3 Å². The van der Waals surface area contributed by atoms with Crippen LogP contribution in [0, 0.1) is 0 Å². The van der Waals surface area contributed by atoms with Gasteiger partial charge in [0, 0.05) is 13.5 Å². The topological polar surface area (TPSA) is 82.1 Å². The normalized spacial score (nSPS) is 15.0. The van der Waals surface area contributed by atoms with Crippen molar-refractivity contribution in [3.63, 3.8) is 0 Å². The van der Waals surface area contributed by atoms with E-state index in [1.165, 1.54) is 32.1 Å². The van der Waals surface area contributed by atoms with Crippen LogP contribution in [0.3, 0.4) is 0 Å². The number of allylic oxidation sites excluding steroid dienone is 1. The summed E-state index contributed by atoms with van der Waals surface area (Å²) in [6.07, 6.45) is 14.5. The number of phosphoric acid groups is 1. The maximum Gasteiger partial charge on any atom is 0.471 e. The lowest BCUT2D eigenvalue weighted by molar-refractivity contribution is -0.111. The molecule has 0 spiro atoms. The van der Waals surface area contributed by atoms with E-state index in [2.05, 4.69) is 30.5 Å². The van der Waals surface area contributed by atoms with Crippen molar-refractivity contribution in [2.75, 3.05) is 26.9 Å². The van der Waals surface area contributed by atoms with Crippen molar-refractivity contribution >= 4 is 24.7 Å². The zero-order chi connectivity index (χ0) is 21.1. The molecule has 0 bridgehead atoms. The van der Waals surface area contributed by atoms with Crippen LogP contribution in [0.5, 0.6) is 0 Å². The molecule has 0 rings (SSSR count). The molecule has 1 unspecified atom stereocenters. The SMILES string of the molecule is CC/C=C\CCOC[C@H](COP(=O)(O)OC)SC(=O)CCCCCCCCC. The lowest BCUT2D eigenvalue weighted by Gasteiger charge is -2.17. The van der Waals surface area contributed by atoms with E-state index in [-0.39, 0.29) is 23.6 Å². The number of rotatable bonds is 19. The van der Waals surface area contributed by atoms with Crippen LogP contribution in [-0.2, 0) is 23.1 Å². The van der Waals surface area contributed by atoms with Gasteiger partial charge in [0.05, 0.1) is 25.1 Å². The molecule has 0 amide bonds. The second-order valence-electron chi connectivity index (χ2n) is 6.67. The van der Waals surface area contributed by atoms with Gasteiger partial charge in [-0.3, -0.25) is 13.8 Å². The van der Waals surface area contributed by atoms with Crippen LogP contribution in [0.1, 0.15) is 78.1 Å². The van der Waals surface area contributed by atoms with Gasteiger partial charge < -0.3 is 9.63 Å². The standard InChI is InChI=1S/C20H39O6PS/c1-4-6-8-10-11-12-13-15-20(21)28-19(18-26-27(22,23)24-3)17-25-16-14-9-7-5-2/h7,9,19H,4-6,8,10-18H2,1-3H3,(H,22,23)/b9-7-/t19-/m1/s1. The third-order valence-electron chi connectivity index (χ3n) is 4.07. The van der Waals surface area contributed by atoms with Crippen molar-refractivity contribution in [3.05, 3.63) is 12.2 Å². The maximum atomic E-state index is 12.2. The Morgan fingerprint density at radius 3 is 2.39 bits per heavy atom. The Bertz CT molecular complexity index is 458. The molecule has 0 aromatic carbocycles. The van der Waals surface area contributed by atoms with Gasteiger partial charge in [0.1, 0.15) is 0 Å². The molecule has 28 heavy (non-hydrogen) atoms. The van der Waals surface area contributed by atoms with Gasteiger partial charge >= 0.3 is 7.82 Å². The first-order valence-electron chi connectivity index (χ1n) is 10.4. The molecule has 0 aliphatic rings. The number of thioether (sulfide) groups is 1. The maximum absolute atomic E-state index is 12.2. The van der Waals surface area contributed by atoms with Gasteiger partial charge in [0.2, 0.25) is 0 Å². The van der Waals surface area contributed by atoms with E-state index < -0.39 is 7.82 Å². The van der Waals surface area contributed by atoms with Crippen molar-refractivity contribution < 1.29 is 28.0 Å². The Labute approximate surface area is 175 Å². The minimum atomic E-state index is -4.06. The Morgan fingerprint density at radius 2 is 1.75 bits per heavy atom. The van der Waals surface area contributed by atoms with Crippen molar-refractivity contribution in [2.24, 2.45) is 0 Å². The number of hydrogen-bond donors (Lipinski definition) is 1. The molecule has 8 heteroatoms. The minimum Gasteiger partial charge on any atom is -0.380 e. The van der Waals surface area contributed by atoms with Gasteiger partial charge in [-0.05, 0) is 19.3 Å². The molecular weight excluding hydrogens is 399 g/mol. The number of carbonyl (C=O) groups is 1. The van der Waals surface area contributed by atoms with Crippen LogP contribution in [-0.4, -0.2) is 42.2 Å². The van der Waals surface area contributed by atoms with Crippen molar-refractivity contribution in [1.29, 1.82) is 0 Å². The van der Waals surface area contributed by atoms with Gasteiger partial charge in [-0.15, -0.1) is 0 Å². The lowest BCUT2D eigenvalue weighted by atomic mass is 10.1. The zero-order valence-electron chi connectivity index (χ0n) is 17.8. The largest absolute Gasteiger partial charge is 0.471 e. The molecule has 1 N–H and O–H groups in total. The van der Waals surface area contributed by atoms with E-state index in [0.29, 0.717) is 13.0 Å². The van der Waals surface area contributed by atoms with Crippen molar-refractivity contribution in [1.82, 2.24) is 0 Å². The molecule has 0 fully saturated rings. The van der Waals surface area contributed by atoms with Gasteiger partial charge in [-0.2, -0.15) is 0 Å². The summed E-state index contributed by atoms with van der Waals surface area (Å²) in [5.41, 5.74) is 0. The minimum absolute atomic E-state index is 0.0696. The summed E-state index contributed by atoms with van der Waals surface area (Å²) in [4.78, 5) is 21.6. The van der Waals surface area contributed by atoms with Crippen LogP contribution in [0.4, 0.5) is 0 Å². The summed E-state index contributed by atoms with van der Waals surface area (Å²) in [7, 11) is -2.94. The summed E-state index contributed by atoms with van der Waals surface area (Å²) in [6.45, 7) is 5.03. The summed E-state index contributed by atoms with van der Waals surface area (Å²) in [5, 5.41) is -0.260. The fourth-order valence-corrected chi connectivity index (χ4v) is 3.98. The van der Waals surface area contributed by atoms with Crippen molar-refractivity contribution in [2.45, 2.75) is 83.3 Å². The molecule has 0 heterocycles. The van der Waals surface area contributed by atoms with E-state index in [4.69, 9.17) is 9.26 Å². The van der Waals surface area contributed by atoms with Gasteiger partial charge in [-0.25, -0.2) is 4.57 Å². The van der Waals surface area contributed by atoms with Crippen LogP contribution >= 0.6 is 19.6 Å². The second-order valence-corrected chi connectivity index (χ2v) is 9.59. The number of carbonyl (C=O) groups excluding carboxylic acids is 1. The summed E-state index contributed by atoms with van der Waals surface area (Å²) in [6, 6.07) is 0. The third-order valence-corrected chi connectivity index (χ3v) is 6.08. The highest BCUT2D eigenvalue weighted by Gasteiger charge is 2.23. The van der Waals surface area contributed by atoms with Crippen LogP contribution in [0.2, 0.25) is 0 Å². The first-order chi connectivity index (χ1) is 13.4. The zero-order valence-corrected chi connectivity index (χ0v) is 19.5. The molecule has 2 atom stereocenters. The van der Waals surface area contributed by atoms with E-state index in [1.54, 1.807) is 0 Å². The van der Waals surface area contributed by atoms with E-state index in [0.717, 1.165) is 44.6 Å². The van der Waals surface area contributed by atoms with Crippen LogP contribution < -0.4 is 0 Å². The Hall–Kier alpha value is -0.170. The van der Waals surface area contributed by atoms with Gasteiger partial charge in [0.25, 0.3) is 0 Å². The average Bonchev–Trinajstić information content (AvgIpc) is 2.68. The molecule has 0 radical (unpaired) electrons. The highest BCUT2D eigenvalue weighted by atomic mass is 32.2. The van der Waals surface area contributed by atoms with Crippen molar-refractivity contribution in [3.8, 4) is 0 Å². The van der Waals surface area contributed by atoms with E-state index in [9.17, 15) is 14.3 Å². The summed E-state index contributed by atoms with van der Waals surface area (Å²) in [5.74, 6) is 0. The van der Waals surface area contributed by atoms with E-state index in [1.807, 2.05) is 0 Å². The van der Waals surface area contributed by atoms with Crippen LogP contribution in [0.15, 0.2) is 12.2 Å². The lowest BCUT2D eigenvalue weighted by Crippen LogP contribution is -2.21. The fourth-order valence-electron chi connectivity index (χ4n) is 2.47. The monoisotopic (exact) mass is 438 g/mol. The smallest absolute Gasteiger partial charge is 0.380 e. The molecule has 0 saturated carbocycles. The Morgan fingerprint density at radius 1 is 1.07 bits per heavy atom. The molecular formula is C20H39O6PS. The predicted octanol–water partition coefficient (Wildman–Crippen LogP) is 5.89. The average molecular weight is 439 g/mol. The fraction of sp³-hybridized carbons (Fsp3) is 0.850. The Balaban J connectivity index is 4.20. The summed E-state index contributed by atoms with van der Waals surface area (Å²) < 4.78 is 26.5. The molecule has 0 aliphatic carbocycles. The van der Waals surface area contributed by atoms with E-state index >= 15 is 0 Å². The predicted molar refractivity (Wildman–Crippen MR) is 117 cm³/mol. The van der Waals surface area contributed by atoms with Crippen LogP contribution in [0.25, 0.3) is 0 Å². The Kier molecular flexibility index (Phi) is 18.7. The number of phosphoric ester groups is 1. The van der Waals surface area contributed by atoms with Gasteiger partial charge in [0.15, 0.2) is 5.12 Å². The first-order valence-corrected chi connectivity index (χ1v) is 12.8. The third kappa shape index (κ3) is 17.9. The highest BCUT2D eigenvalue weighted by Crippen LogP contribution is 2.42. The quantitative estimate of drug-likeness (QED) is 0.153. The molecule has 0 aliphatic heterocycles. The molecule has 0 aromatic heterocycles. The molecule has 0 saturated heterocycles. The number of hydrogen-bond acceptors (Lipinski definition) is 6. The number of unbranched alkanes of at least 4 members (excludes halogenated alkanes) is 6. The summed E-state index contributed by atoms with van der Waals surface area (Å²) >= 11 is 1.14. The molecule has 0 aromatic rings. The molecule has 6 nitrogen and oxygen atoms in total. The second kappa shape index (κ2) is 18.8.